The van der Waals surface area contributed by atoms with Crippen LogP contribution in [0.2, 0.25) is 0 Å². The Morgan fingerprint density at radius 3 is 2.07 bits per heavy atom. The van der Waals surface area contributed by atoms with Crippen LogP contribution in [0.3, 0.4) is 0 Å². The van der Waals surface area contributed by atoms with Crippen LogP contribution in [0.4, 0.5) is 0 Å². The van der Waals surface area contributed by atoms with E-state index in [1.165, 1.54) is 30.4 Å². The number of allylic oxidation sites excluding steroid dienone is 1. The Bertz CT molecular complexity index is 806. The Morgan fingerprint density at radius 2 is 1.66 bits per heavy atom. The van der Waals surface area contributed by atoms with E-state index in [1.54, 1.807) is 12.1 Å². The zero-order chi connectivity index (χ0) is 22.2. The molecule has 0 aromatic heterocycles. The summed E-state index contributed by atoms with van der Waals surface area (Å²) in [5, 5.41) is 46.1. The van der Waals surface area contributed by atoms with Crippen LogP contribution < -0.4 is 11.5 Å². The number of nitrogens with zero attached hydrogens (tertiary/aromatic N) is 1. The predicted octanol–water partition coefficient (Wildman–Crippen LogP) is 0.552. The Hall–Kier alpha value is -3.44. The molecule has 2 rings (SSSR count). The number of benzene rings is 1. The number of nitrogens with two attached hydrogens (primary N) is 2. The first-order valence-corrected chi connectivity index (χ1v) is 8.44. The van der Waals surface area contributed by atoms with Gasteiger partial charge in [0.15, 0.2) is 0 Å². The van der Waals surface area contributed by atoms with Gasteiger partial charge >= 0.3 is 11.9 Å². The highest BCUT2D eigenvalue weighted by Crippen LogP contribution is 2.28. The van der Waals surface area contributed by atoms with Crippen molar-refractivity contribution in [1.82, 2.24) is 0 Å². The van der Waals surface area contributed by atoms with Crippen molar-refractivity contribution in [2.75, 3.05) is 0 Å². The van der Waals surface area contributed by atoms with E-state index in [1.807, 2.05) is 0 Å². The Balaban J connectivity index is 0.000000296. The van der Waals surface area contributed by atoms with Gasteiger partial charge in [-0.3, -0.25) is 19.7 Å². The lowest BCUT2D eigenvalue weighted by Gasteiger charge is -2.24. The van der Waals surface area contributed by atoms with Gasteiger partial charge in [0.2, 0.25) is 5.54 Å². The Kier molecular flexibility index (Phi) is 8.30. The molecule has 0 bridgehead atoms. The lowest BCUT2D eigenvalue weighted by molar-refractivity contribution is -0.556. The highest BCUT2D eigenvalue weighted by molar-refractivity contribution is 5.73. The third-order valence-electron chi connectivity index (χ3n) is 4.19. The molecule has 0 saturated heterocycles. The standard InChI is InChI=1S/C9H12N2O5.C9H11NO3/c10-7(8(13)14)5-9(11(15)16)3-1-6(12)2-4-9;10-8(9(12)13)5-6-1-3-7(11)4-2-6/h1-3,7,12H,4-5,10H2,(H,13,14);1-4,8,11H,5,10H2,(H,12,13)/t7-,9?;8-/m00/s1. The van der Waals surface area contributed by atoms with E-state index in [9.17, 15) is 19.7 Å². The summed E-state index contributed by atoms with van der Waals surface area (Å²) >= 11 is 0. The van der Waals surface area contributed by atoms with Gasteiger partial charge in [-0.05, 0) is 42.3 Å². The molecule has 29 heavy (non-hydrogen) atoms. The van der Waals surface area contributed by atoms with Gasteiger partial charge in [-0.2, -0.15) is 0 Å². The highest BCUT2D eigenvalue weighted by Gasteiger charge is 2.43. The van der Waals surface area contributed by atoms with Gasteiger partial charge in [0.05, 0.1) is 0 Å². The number of aromatic hydroxyl groups is 1. The molecule has 0 fully saturated rings. The fraction of sp³-hybridized carbons (Fsp3) is 0.333. The van der Waals surface area contributed by atoms with E-state index in [2.05, 4.69) is 0 Å². The number of phenols is 1. The summed E-state index contributed by atoms with van der Waals surface area (Å²) in [6.07, 6.45) is 3.54. The van der Waals surface area contributed by atoms with Crippen molar-refractivity contribution in [1.29, 1.82) is 0 Å². The zero-order valence-corrected chi connectivity index (χ0v) is 15.3. The minimum atomic E-state index is -1.54. The van der Waals surface area contributed by atoms with Crippen molar-refractivity contribution < 1.29 is 34.9 Å². The van der Waals surface area contributed by atoms with E-state index >= 15 is 0 Å². The van der Waals surface area contributed by atoms with Gasteiger partial charge in [0, 0.05) is 17.8 Å². The maximum absolute atomic E-state index is 10.9. The maximum Gasteiger partial charge on any atom is 0.320 e. The normalized spacial score (nSPS) is 19.9. The number of phenolic OH excluding ortho intramolecular Hbond substituents is 1. The quantitative estimate of drug-likeness (QED) is 0.272. The first kappa shape index (κ1) is 23.6. The molecule has 1 aliphatic carbocycles. The molecule has 1 unspecified atom stereocenters. The van der Waals surface area contributed by atoms with Crippen LogP contribution in [0, 0.1) is 10.1 Å². The summed E-state index contributed by atoms with van der Waals surface area (Å²) < 4.78 is 0. The molecular weight excluding hydrogens is 386 g/mol. The van der Waals surface area contributed by atoms with Crippen LogP contribution in [-0.4, -0.2) is 54.9 Å². The maximum atomic E-state index is 10.9. The molecule has 0 saturated carbocycles. The van der Waals surface area contributed by atoms with Crippen LogP contribution in [0.25, 0.3) is 0 Å². The van der Waals surface area contributed by atoms with Gasteiger partial charge in [-0.15, -0.1) is 0 Å². The predicted molar refractivity (Wildman–Crippen MR) is 102 cm³/mol. The summed E-state index contributed by atoms with van der Waals surface area (Å²) in [7, 11) is 0. The fourth-order valence-corrected chi connectivity index (χ4v) is 2.46. The molecule has 0 aliphatic heterocycles. The van der Waals surface area contributed by atoms with Crippen LogP contribution >= 0.6 is 0 Å². The average Bonchev–Trinajstić information content (AvgIpc) is 2.65. The number of hydrogen-bond acceptors (Lipinski definition) is 8. The summed E-state index contributed by atoms with van der Waals surface area (Å²) in [6.45, 7) is 0. The molecule has 1 aliphatic rings. The zero-order valence-electron chi connectivity index (χ0n) is 15.3. The number of rotatable bonds is 7. The van der Waals surface area contributed by atoms with Crippen molar-refractivity contribution >= 4 is 11.9 Å². The lowest BCUT2D eigenvalue weighted by Crippen LogP contribution is -2.45. The number of carboxylic acids is 2. The Labute approximate surface area is 165 Å². The van der Waals surface area contributed by atoms with Gasteiger partial charge in [0.1, 0.15) is 23.6 Å². The van der Waals surface area contributed by atoms with Crippen molar-refractivity contribution in [3.8, 4) is 5.75 Å². The lowest BCUT2D eigenvalue weighted by atomic mass is 9.85. The number of hydrogen-bond donors (Lipinski definition) is 6. The van der Waals surface area contributed by atoms with Gasteiger partial charge in [-0.25, -0.2) is 0 Å². The topological polar surface area (TPSA) is 210 Å². The molecule has 8 N–H and O–H groups in total. The number of nitro groups is 1. The summed E-state index contributed by atoms with van der Waals surface area (Å²) in [5.41, 5.74) is 9.87. The van der Waals surface area contributed by atoms with Gasteiger partial charge in [-0.1, -0.05) is 12.1 Å². The summed E-state index contributed by atoms with van der Waals surface area (Å²) in [5.74, 6) is -2.21. The van der Waals surface area contributed by atoms with Gasteiger partial charge in [0.25, 0.3) is 0 Å². The first-order chi connectivity index (χ1) is 13.5. The molecule has 0 radical (unpaired) electrons. The van der Waals surface area contributed by atoms with E-state index in [0.29, 0.717) is 0 Å². The number of carbonyl (C=O) groups is 2. The largest absolute Gasteiger partial charge is 0.508 e. The molecule has 158 valence electrons. The van der Waals surface area contributed by atoms with Crippen molar-refractivity contribution in [2.45, 2.75) is 36.9 Å². The minimum Gasteiger partial charge on any atom is -0.508 e. The van der Waals surface area contributed by atoms with E-state index in [0.717, 1.165) is 5.56 Å². The molecule has 3 atom stereocenters. The number of aliphatic carboxylic acids is 2. The fourth-order valence-electron chi connectivity index (χ4n) is 2.46. The van der Waals surface area contributed by atoms with Gasteiger partial charge < -0.3 is 31.9 Å². The minimum absolute atomic E-state index is 0.0662. The highest BCUT2D eigenvalue weighted by atomic mass is 16.6. The summed E-state index contributed by atoms with van der Waals surface area (Å²) in [6, 6.07) is 4.12. The number of aliphatic hydroxyl groups is 1. The van der Waals surface area contributed by atoms with Crippen molar-refractivity contribution in [3.05, 3.63) is 63.9 Å². The van der Waals surface area contributed by atoms with Crippen LogP contribution in [-0.2, 0) is 16.0 Å². The number of aliphatic hydroxyl groups excluding tert-OH is 1. The SMILES string of the molecule is N[C@@H](CC1([N+](=O)[O-])C=CC(O)=CC1)C(=O)O.N[C@@H](Cc1ccc(O)cc1)C(=O)O. The van der Waals surface area contributed by atoms with Crippen LogP contribution in [0.5, 0.6) is 5.75 Å². The molecule has 11 nitrogen and oxygen atoms in total. The second kappa shape index (κ2) is 10.2. The molecule has 11 heteroatoms. The second-order valence-electron chi connectivity index (χ2n) is 6.49. The third kappa shape index (κ3) is 7.24. The van der Waals surface area contributed by atoms with E-state index < -0.39 is 34.5 Å². The smallest absolute Gasteiger partial charge is 0.320 e. The molecule has 0 heterocycles. The van der Waals surface area contributed by atoms with E-state index in [4.69, 9.17) is 31.9 Å². The first-order valence-electron chi connectivity index (χ1n) is 8.44. The Morgan fingerprint density at radius 1 is 1.10 bits per heavy atom. The van der Waals surface area contributed by atoms with E-state index in [-0.39, 0.29) is 30.8 Å². The monoisotopic (exact) mass is 409 g/mol. The molecular formula is C18H23N3O8. The average molecular weight is 409 g/mol. The second-order valence-corrected chi connectivity index (χ2v) is 6.49. The molecule has 0 spiro atoms. The third-order valence-corrected chi connectivity index (χ3v) is 4.19. The van der Waals surface area contributed by atoms with Crippen LogP contribution in [0.15, 0.2) is 48.3 Å². The molecule has 1 aromatic rings. The molecule has 0 amide bonds. The van der Waals surface area contributed by atoms with Crippen molar-refractivity contribution in [2.24, 2.45) is 11.5 Å². The van der Waals surface area contributed by atoms with Crippen molar-refractivity contribution in [3.63, 3.8) is 0 Å². The molecule has 1 aromatic carbocycles. The summed E-state index contributed by atoms with van der Waals surface area (Å²) in [4.78, 5) is 31.3. The van der Waals surface area contributed by atoms with Crippen LogP contribution in [0.1, 0.15) is 18.4 Å². The number of carboxylic acid groups (broad SMARTS) is 2.